The van der Waals surface area contributed by atoms with E-state index in [-0.39, 0.29) is 6.54 Å². The lowest BCUT2D eigenvalue weighted by Gasteiger charge is -2.05. The van der Waals surface area contributed by atoms with Crippen molar-refractivity contribution in [2.24, 2.45) is 0 Å². The maximum absolute atomic E-state index is 10.2. The number of hydrogen-bond donors (Lipinski definition) is 2. The predicted octanol–water partition coefficient (Wildman–Crippen LogP) is 2.23. The van der Waals surface area contributed by atoms with Crippen LogP contribution in [-0.2, 0) is 6.54 Å². The highest BCUT2D eigenvalue weighted by atomic mass is 79.9. The smallest absolute Gasteiger partial charge is 0.404 e. The van der Waals surface area contributed by atoms with E-state index in [1.165, 1.54) is 0 Å². The van der Waals surface area contributed by atoms with Gasteiger partial charge in [0, 0.05) is 6.54 Å². The van der Waals surface area contributed by atoms with Crippen LogP contribution in [0.5, 0.6) is 5.75 Å². The summed E-state index contributed by atoms with van der Waals surface area (Å²) in [6, 6.07) is 5.40. The maximum Gasteiger partial charge on any atom is 0.404 e. The monoisotopic (exact) mass is 259 g/mol. The summed E-state index contributed by atoms with van der Waals surface area (Å²) in [5.41, 5.74) is 0.875. The Morgan fingerprint density at radius 2 is 2.36 bits per heavy atom. The average Bonchev–Trinajstić information content (AvgIpc) is 2.15. The van der Waals surface area contributed by atoms with E-state index < -0.39 is 6.09 Å². The molecule has 0 heterocycles. The number of rotatable bonds is 3. The molecule has 0 aromatic heterocycles. The second-order valence-corrected chi connectivity index (χ2v) is 3.48. The second kappa shape index (κ2) is 4.85. The minimum atomic E-state index is -1.03. The van der Waals surface area contributed by atoms with Crippen LogP contribution in [0.15, 0.2) is 22.7 Å². The Morgan fingerprint density at radius 1 is 1.64 bits per heavy atom. The highest BCUT2D eigenvalue weighted by molar-refractivity contribution is 9.10. The van der Waals surface area contributed by atoms with Gasteiger partial charge >= 0.3 is 6.09 Å². The molecule has 0 aliphatic rings. The van der Waals surface area contributed by atoms with Crippen LogP contribution in [0.3, 0.4) is 0 Å². The molecule has 5 heteroatoms. The summed E-state index contributed by atoms with van der Waals surface area (Å²) in [7, 11) is 1.58. The van der Waals surface area contributed by atoms with Gasteiger partial charge in [0.1, 0.15) is 5.75 Å². The van der Waals surface area contributed by atoms with Gasteiger partial charge in [0.25, 0.3) is 0 Å². The van der Waals surface area contributed by atoms with Gasteiger partial charge in [-0.2, -0.15) is 0 Å². The fraction of sp³-hybridized carbons (Fsp3) is 0.222. The molecule has 1 aromatic rings. The molecule has 0 radical (unpaired) electrons. The van der Waals surface area contributed by atoms with E-state index in [4.69, 9.17) is 9.84 Å². The molecule has 0 spiro atoms. The lowest BCUT2D eigenvalue weighted by atomic mass is 10.2. The third-order valence-corrected chi connectivity index (χ3v) is 2.28. The first-order valence-electron chi connectivity index (χ1n) is 3.92. The highest BCUT2D eigenvalue weighted by Gasteiger charge is 2.02. The van der Waals surface area contributed by atoms with E-state index >= 15 is 0 Å². The fourth-order valence-corrected chi connectivity index (χ4v) is 1.59. The zero-order chi connectivity index (χ0) is 10.6. The van der Waals surface area contributed by atoms with E-state index in [0.29, 0.717) is 0 Å². The number of hydrogen-bond acceptors (Lipinski definition) is 2. The summed E-state index contributed by atoms with van der Waals surface area (Å²) in [6.45, 7) is 0.290. The molecule has 1 rings (SSSR count). The van der Waals surface area contributed by atoms with Gasteiger partial charge in [-0.1, -0.05) is 6.07 Å². The molecule has 1 aromatic carbocycles. The van der Waals surface area contributed by atoms with Crippen LogP contribution in [0.4, 0.5) is 4.79 Å². The largest absolute Gasteiger partial charge is 0.496 e. The van der Waals surface area contributed by atoms with Crippen molar-refractivity contribution in [2.75, 3.05) is 7.11 Å². The lowest BCUT2D eigenvalue weighted by molar-refractivity contribution is 0.194. The third-order valence-electron chi connectivity index (χ3n) is 1.66. The van der Waals surface area contributed by atoms with E-state index in [0.717, 1.165) is 15.8 Å². The fourth-order valence-electron chi connectivity index (χ4n) is 0.998. The third kappa shape index (κ3) is 2.92. The van der Waals surface area contributed by atoms with Gasteiger partial charge in [-0.3, -0.25) is 0 Å². The molecule has 0 saturated carbocycles. The Labute approximate surface area is 90.0 Å². The summed E-state index contributed by atoms with van der Waals surface area (Å²) in [6.07, 6.45) is -1.03. The highest BCUT2D eigenvalue weighted by Crippen LogP contribution is 2.25. The lowest BCUT2D eigenvalue weighted by Crippen LogP contribution is -2.19. The standard InChI is InChI=1S/C9H10BrNO3/c1-14-8-3-2-6(4-7(8)10)5-11-9(12)13/h2-4,11H,5H2,1H3,(H,12,13). The van der Waals surface area contributed by atoms with Crippen LogP contribution in [0.1, 0.15) is 5.56 Å². The van der Waals surface area contributed by atoms with Gasteiger partial charge in [0.2, 0.25) is 0 Å². The molecule has 0 fully saturated rings. The molecular formula is C9H10BrNO3. The molecule has 4 nitrogen and oxygen atoms in total. The minimum absolute atomic E-state index is 0.290. The van der Waals surface area contributed by atoms with E-state index in [9.17, 15) is 4.79 Å². The Bertz CT molecular complexity index is 341. The first-order valence-corrected chi connectivity index (χ1v) is 4.72. The number of methoxy groups -OCH3 is 1. The zero-order valence-corrected chi connectivity index (χ0v) is 9.17. The predicted molar refractivity (Wildman–Crippen MR) is 55.6 cm³/mol. The van der Waals surface area contributed by atoms with Gasteiger partial charge in [0.15, 0.2) is 0 Å². The van der Waals surface area contributed by atoms with Gasteiger partial charge in [-0.05, 0) is 33.6 Å². The summed E-state index contributed by atoms with van der Waals surface area (Å²) in [5, 5.41) is 10.7. The molecule has 0 unspecified atom stereocenters. The number of carbonyl (C=O) groups is 1. The van der Waals surface area contributed by atoms with Crippen LogP contribution in [0, 0.1) is 0 Å². The van der Waals surface area contributed by atoms with Crippen LogP contribution >= 0.6 is 15.9 Å². The van der Waals surface area contributed by atoms with Gasteiger partial charge < -0.3 is 15.2 Å². The topological polar surface area (TPSA) is 58.6 Å². The van der Waals surface area contributed by atoms with Crippen molar-refractivity contribution in [1.29, 1.82) is 0 Å². The molecule has 14 heavy (non-hydrogen) atoms. The van der Waals surface area contributed by atoms with Crippen molar-refractivity contribution in [1.82, 2.24) is 5.32 Å². The number of carboxylic acid groups (broad SMARTS) is 1. The van der Waals surface area contributed by atoms with Gasteiger partial charge in [-0.25, -0.2) is 4.79 Å². The molecule has 2 N–H and O–H groups in total. The normalized spacial score (nSPS) is 9.57. The van der Waals surface area contributed by atoms with E-state index in [2.05, 4.69) is 21.2 Å². The summed E-state index contributed by atoms with van der Waals surface area (Å²) >= 11 is 3.31. The first kappa shape index (κ1) is 10.8. The average molecular weight is 260 g/mol. The number of nitrogens with one attached hydrogen (secondary N) is 1. The minimum Gasteiger partial charge on any atom is -0.496 e. The van der Waals surface area contributed by atoms with Crippen molar-refractivity contribution in [3.8, 4) is 5.75 Å². The summed E-state index contributed by atoms with van der Waals surface area (Å²) in [4.78, 5) is 10.2. The SMILES string of the molecule is COc1ccc(CNC(=O)O)cc1Br. The number of amides is 1. The summed E-state index contributed by atoms with van der Waals surface area (Å²) < 4.78 is 5.85. The molecule has 0 aliphatic heterocycles. The Balaban J connectivity index is 2.71. The van der Waals surface area contributed by atoms with Crippen LogP contribution in [0.2, 0.25) is 0 Å². The van der Waals surface area contributed by atoms with E-state index in [1.54, 1.807) is 19.2 Å². The van der Waals surface area contributed by atoms with Crippen LogP contribution < -0.4 is 10.1 Å². The first-order chi connectivity index (χ1) is 6.63. The number of halogens is 1. The second-order valence-electron chi connectivity index (χ2n) is 2.63. The van der Waals surface area contributed by atoms with Crippen LogP contribution in [0.25, 0.3) is 0 Å². The Kier molecular flexibility index (Phi) is 3.76. The molecule has 0 bridgehead atoms. The quantitative estimate of drug-likeness (QED) is 0.876. The maximum atomic E-state index is 10.2. The Hall–Kier alpha value is -1.23. The van der Waals surface area contributed by atoms with Crippen molar-refractivity contribution in [3.63, 3.8) is 0 Å². The van der Waals surface area contributed by atoms with Crippen molar-refractivity contribution in [3.05, 3.63) is 28.2 Å². The zero-order valence-electron chi connectivity index (χ0n) is 7.58. The van der Waals surface area contributed by atoms with E-state index in [1.807, 2.05) is 6.07 Å². The number of ether oxygens (including phenoxy) is 1. The van der Waals surface area contributed by atoms with Crippen molar-refractivity contribution in [2.45, 2.75) is 6.54 Å². The molecular weight excluding hydrogens is 250 g/mol. The molecule has 0 atom stereocenters. The molecule has 0 saturated heterocycles. The molecule has 1 amide bonds. The van der Waals surface area contributed by atoms with Crippen molar-refractivity contribution < 1.29 is 14.6 Å². The number of benzene rings is 1. The molecule has 76 valence electrons. The van der Waals surface area contributed by atoms with Gasteiger partial charge in [-0.15, -0.1) is 0 Å². The van der Waals surface area contributed by atoms with Crippen LogP contribution in [-0.4, -0.2) is 18.3 Å². The molecule has 0 aliphatic carbocycles. The van der Waals surface area contributed by atoms with Gasteiger partial charge in [0.05, 0.1) is 11.6 Å². The van der Waals surface area contributed by atoms with Crippen molar-refractivity contribution >= 4 is 22.0 Å². The Morgan fingerprint density at radius 3 is 2.86 bits per heavy atom. The summed E-state index contributed by atoms with van der Waals surface area (Å²) in [5.74, 6) is 0.726.